The Bertz CT molecular complexity index is 401. The summed E-state index contributed by atoms with van der Waals surface area (Å²) in [7, 11) is 0. The number of alkyl halides is 1. The van der Waals surface area contributed by atoms with Crippen LogP contribution in [0.5, 0.6) is 0 Å². The fraction of sp³-hybridized carbons (Fsp3) is 0.200. The third-order valence-electron chi connectivity index (χ3n) is 2.86. The molecule has 0 saturated carbocycles. The molecule has 0 aliphatic rings. The van der Waals surface area contributed by atoms with Gasteiger partial charge in [-0.3, -0.25) is 0 Å². The van der Waals surface area contributed by atoms with E-state index in [1.54, 1.807) is 0 Å². The molecule has 0 heterocycles. The van der Waals surface area contributed by atoms with Crippen LogP contribution in [0.25, 0.3) is 0 Å². The maximum absolute atomic E-state index is 10.2. The second kappa shape index (κ2) is 5.99. The predicted octanol–water partition coefficient (Wildman–Crippen LogP) is 3.57. The van der Waals surface area contributed by atoms with Gasteiger partial charge in [-0.15, -0.1) is 0 Å². The molecule has 0 radical (unpaired) electrons. The topological polar surface area (TPSA) is 20.2 Å². The van der Waals surface area contributed by atoms with Crippen LogP contribution >= 0.6 is 15.9 Å². The van der Waals surface area contributed by atoms with Crippen molar-refractivity contribution in [3.63, 3.8) is 0 Å². The summed E-state index contributed by atoms with van der Waals surface area (Å²) in [5.74, 6) is 0.0248. The van der Waals surface area contributed by atoms with Crippen molar-refractivity contribution in [3.05, 3.63) is 71.8 Å². The van der Waals surface area contributed by atoms with Crippen molar-refractivity contribution in [2.24, 2.45) is 0 Å². The molecular weight excluding hydrogens is 276 g/mol. The quantitative estimate of drug-likeness (QED) is 0.854. The number of aliphatic hydroxyl groups excluding tert-OH is 1. The van der Waals surface area contributed by atoms with E-state index in [9.17, 15) is 5.11 Å². The van der Waals surface area contributed by atoms with E-state index in [1.807, 2.05) is 36.4 Å². The summed E-state index contributed by atoms with van der Waals surface area (Å²) < 4.78 is 0. The molecule has 1 atom stereocenters. The fourth-order valence-electron chi connectivity index (χ4n) is 2.05. The molecule has 88 valence electrons. The van der Waals surface area contributed by atoms with Crippen molar-refractivity contribution in [2.45, 2.75) is 12.0 Å². The molecule has 0 bridgehead atoms. The van der Waals surface area contributed by atoms with Gasteiger partial charge in [0.2, 0.25) is 0 Å². The van der Waals surface area contributed by atoms with Crippen LogP contribution in [-0.2, 0) is 0 Å². The molecule has 0 fully saturated rings. The fourth-order valence-corrected chi connectivity index (χ4v) is 2.42. The lowest BCUT2D eigenvalue weighted by Gasteiger charge is -2.22. The van der Waals surface area contributed by atoms with E-state index in [4.69, 9.17) is 0 Å². The van der Waals surface area contributed by atoms with Crippen LogP contribution in [0.15, 0.2) is 60.7 Å². The van der Waals surface area contributed by atoms with E-state index >= 15 is 0 Å². The summed E-state index contributed by atoms with van der Waals surface area (Å²) in [5.41, 5.74) is 2.29. The van der Waals surface area contributed by atoms with Crippen LogP contribution in [0, 0.1) is 0 Å². The molecule has 17 heavy (non-hydrogen) atoms. The molecule has 0 aromatic heterocycles. The minimum Gasteiger partial charge on any atom is -0.391 e. The summed E-state index contributed by atoms with van der Waals surface area (Å²) >= 11 is 3.36. The van der Waals surface area contributed by atoms with Crippen LogP contribution in [0.4, 0.5) is 0 Å². The van der Waals surface area contributed by atoms with Crippen LogP contribution in [-0.4, -0.2) is 16.5 Å². The molecule has 1 N–H and O–H groups in total. The van der Waals surface area contributed by atoms with E-state index in [0.29, 0.717) is 5.33 Å². The summed E-state index contributed by atoms with van der Waals surface area (Å²) in [4.78, 5) is 0. The second-order valence-electron chi connectivity index (χ2n) is 4.02. The highest BCUT2D eigenvalue weighted by Gasteiger charge is 2.21. The van der Waals surface area contributed by atoms with Crippen LogP contribution in [0.2, 0.25) is 0 Å². The highest BCUT2D eigenvalue weighted by Crippen LogP contribution is 2.28. The van der Waals surface area contributed by atoms with Gasteiger partial charge >= 0.3 is 0 Å². The molecule has 1 nitrogen and oxygen atoms in total. The Balaban J connectivity index is 2.39. The highest BCUT2D eigenvalue weighted by atomic mass is 79.9. The lowest BCUT2D eigenvalue weighted by atomic mass is 9.87. The summed E-state index contributed by atoms with van der Waals surface area (Å²) in [5, 5.41) is 10.7. The zero-order valence-corrected chi connectivity index (χ0v) is 11.0. The molecule has 2 aromatic rings. The SMILES string of the molecule is OC(CBr)C(c1ccccc1)c1ccccc1. The van der Waals surface area contributed by atoms with Crippen LogP contribution in [0.1, 0.15) is 17.0 Å². The van der Waals surface area contributed by atoms with E-state index in [2.05, 4.69) is 40.2 Å². The Labute approximate surface area is 110 Å². The molecule has 0 amide bonds. The number of aliphatic hydroxyl groups is 1. The van der Waals surface area contributed by atoms with E-state index < -0.39 is 6.10 Å². The summed E-state index contributed by atoms with van der Waals surface area (Å²) in [6.07, 6.45) is -0.417. The molecule has 0 spiro atoms. The smallest absolute Gasteiger partial charge is 0.0745 e. The largest absolute Gasteiger partial charge is 0.391 e. The lowest BCUT2D eigenvalue weighted by molar-refractivity contribution is 0.182. The Kier molecular flexibility index (Phi) is 4.35. The second-order valence-corrected chi connectivity index (χ2v) is 4.67. The van der Waals surface area contributed by atoms with Gasteiger partial charge in [0.1, 0.15) is 0 Å². The maximum Gasteiger partial charge on any atom is 0.0745 e. The Morgan fingerprint density at radius 1 is 0.824 bits per heavy atom. The van der Waals surface area contributed by atoms with Gasteiger partial charge in [0, 0.05) is 11.2 Å². The van der Waals surface area contributed by atoms with Gasteiger partial charge in [-0.2, -0.15) is 0 Å². The highest BCUT2D eigenvalue weighted by molar-refractivity contribution is 9.09. The Hall–Kier alpha value is -1.12. The van der Waals surface area contributed by atoms with Gasteiger partial charge < -0.3 is 5.11 Å². The minimum absolute atomic E-state index is 0.0248. The van der Waals surface area contributed by atoms with Gasteiger partial charge in [0.25, 0.3) is 0 Å². The first-order valence-corrected chi connectivity index (χ1v) is 6.79. The van der Waals surface area contributed by atoms with Gasteiger partial charge in [0.15, 0.2) is 0 Å². The van der Waals surface area contributed by atoms with Gasteiger partial charge in [-0.05, 0) is 11.1 Å². The number of hydrogen-bond donors (Lipinski definition) is 1. The normalized spacial score (nSPS) is 12.6. The lowest BCUT2D eigenvalue weighted by Crippen LogP contribution is -2.21. The molecule has 0 aliphatic carbocycles. The molecule has 2 heteroatoms. The van der Waals surface area contributed by atoms with Crippen molar-refractivity contribution in [1.82, 2.24) is 0 Å². The number of halogens is 1. The third-order valence-corrected chi connectivity index (χ3v) is 3.52. The zero-order valence-electron chi connectivity index (χ0n) is 9.46. The van der Waals surface area contributed by atoms with Crippen molar-refractivity contribution in [2.75, 3.05) is 5.33 Å². The van der Waals surface area contributed by atoms with E-state index in [1.165, 1.54) is 0 Å². The molecule has 2 rings (SSSR count). The van der Waals surface area contributed by atoms with Crippen LogP contribution in [0.3, 0.4) is 0 Å². The monoisotopic (exact) mass is 290 g/mol. The number of benzene rings is 2. The van der Waals surface area contributed by atoms with Crippen molar-refractivity contribution in [1.29, 1.82) is 0 Å². The predicted molar refractivity (Wildman–Crippen MR) is 74.5 cm³/mol. The number of hydrogen-bond acceptors (Lipinski definition) is 1. The Morgan fingerprint density at radius 2 is 1.24 bits per heavy atom. The van der Waals surface area contributed by atoms with E-state index in [-0.39, 0.29) is 5.92 Å². The van der Waals surface area contributed by atoms with E-state index in [0.717, 1.165) is 11.1 Å². The van der Waals surface area contributed by atoms with Crippen molar-refractivity contribution < 1.29 is 5.11 Å². The first kappa shape index (κ1) is 12.3. The minimum atomic E-state index is -0.417. The van der Waals surface area contributed by atoms with Crippen molar-refractivity contribution >= 4 is 15.9 Å². The zero-order chi connectivity index (χ0) is 12.1. The Morgan fingerprint density at radius 3 is 1.59 bits per heavy atom. The molecule has 1 unspecified atom stereocenters. The van der Waals surface area contributed by atoms with Crippen LogP contribution < -0.4 is 0 Å². The first-order chi connectivity index (χ1) is 8.33. The molecule has 0 saturated heterocycles. The average Bonchev–Trinajstić information content (AvgIpc) is 2.41. The van der Waals surface area contributed by atoms with Gasteiger partial charge in [0.05, 0.1) is 6.10 Å². The molecule has 0 aliphatic heterocycles. The summed E-state index contributed by atoms with van der Waals surface area (Å²) in [6, 6.07) is 20.2. The average molecular weight is 291 g/mol. The van der Waals surface area contributed by atoms with Gasteiger partial charge in [-0.1, -0.05) is 76.6 Å². The molecular formula is C15H15BrO. The molecule has 2 aromatic carbocycles. The summed E-state index contributed by atoms with van der Waals surface area (Å²) in [6.45, 7) is 0. The first-order valence-electron chi connectivity index (χ1n) is 5.67. The van der Waals surface area contributed by atoms with Crippen molar-refractivity contribution in [3.8, 4) is 0 Å². The van der Waals surface area contributed by atoms with Gasteiger partial charge in [-0.25, -0.2) is 0 Å². The maximum atomic E-state index is 10.2. The standard InChI is InChI=1S/C15H15BrO/c16-11-14(17)15(12-7-3-1-4-8-12)13-9-5-2-6-10-13/h1-10,14-15,17H,11H2. The third kappa shape index (κ3) is 2.96. The number of rotatable bonds is 4.